The number of aliphatic hydroxyl groups is 8. The van der Waals surface area contributed by atoms with Gasteiger partial charge in [-0.1, -0.05) is 0 Å². The van der Waals surface area contributed by atoms with Crippen LogP contribution in [0.4, 0.5) is 0 Å². The normalized spacial score (nSPS) is 41.3. The highest BCUT2D eigenvalue weighted by atomic mass is 16.7. The second-order valence-electron chi connectivity index (χ2n) is 11.4. The second kappa shape index (κ2) is 16.1. The van der Waals surface area contributed by atoms with Gasteiger partial charge in [0.15, 0.2) is 12.6 Å². The fourth-order valence-corrected chi connectivity index (χ4v) is 5.26. The van der Waals surface area contributed by atoms with Gasteiger partial charge in [0, 0.05) is 12.5 Å². The van der Waals surface area contributed by atoms with Crippen LogP contribution < -0.4 is 22.5 Å². The number of nitrogens with zero attached hydrogens (tertiary/aromatic N) is 1. The molecule has 0 aromatic rings. The van der Waals surface area contributed by atoms with Crippen LogP contribution in [-0.4, -0.2) is 164 Å². The van der Waals surface area contributed by atoms with E-state index >= 15 is 0 Å². The first-order chi connectivity index (χ1) is 20.3. The molecule has 18 nitrogen and oxygen atoms in total. The van der Waals surface area contributed by atoms with Crippen molar-refractivity contribution in [1.82, 2.24) is 5.32 Å². The van der Waals surface area contributed by atoms with E-state index in [4.69, 9.17) is 46.7 Å². The van der Waals surface area contributed by atoms with Gasteiger partial charge in [-0.3, -0.25) is 10.4 Å². The van der Waals surface area contributed by atoms with Crippen molar-refractivity contribution in [2.24, 2.45) is 22.2 Å². The van der Waals surface area contributed by atoms with Crippen LogP contribution in [-0.2, 0) is 18.9 Å². The molecule has 3 aliphatic rings. The Bertz CT molecular complexity index is 920. The van der Waals surface area contributed by atoms with Crippen LogP contribution in [0.5, 0.6) is 0 Å². The minimum atomic E-state index is -1.80. The van der Waals surface area contributed by atoms with Gasteiger partial charge in [0.1, 0.15) is 60.5 Å². The first kappa shape index (κ1) is 35.9. The van der Waals surface area contributed by atoms with Gasteiger partial charge < -0.3 is 82.3 Å². The lowest BCUT2D eigenvalue weighted by Gasteiger charge is -2.48. The highest BCUT2D eigenvalue weighted by Gasteiger charge is 2.49. The second-order valence-corrected chi connectivity index (χ2v) is 11.4. The van der Waals surface area contributed by atoms with E-state index in [0.29, 0.717) is 12.8 Å². The maximum atomic E-state index is 11.5. The number of aliphatic imine (C=N–C) groups is 1. The third kappa shape index (κ3) is 9.21. The molecular weight excluding hydrogens is 576 g/mol. The molecule has 2 aliphatic heterocycles. The molecule has 3 rings (SSSR count). The van der Waals surface area contributed by atoms with Gasteiger partial charge in [-0.2, -0.15) is 0 Å². The summed E-state index contributed by atoms with van der Waals surface area (Å²) in [6.07, 6.45) is -14.1. The standard InChI is InChI=1S/C25H48N6O12/c1-9(34)22(28)30-6-10-2-3-11(26)24(40-10)42-20-12(27)4-13(31-23(29)18(38)16(37)7-32)21(19(20)39)43-25-15(36)5-14(35)17(8-33)41-25/h9-21,24-25,32-39H,2-8,26-27H2,1H3,(H2,28,30)(H2,29,31)/t9?,10-,11?,12-,13+,14?,15?,16?,17?,18?,19?,20?,21?,24+,25+/m0/s1. The summed E-state index contributed by atoms with van der Waals surface area (Å²) in [7, 11) is 0. The minimum absolute atomic E-state index is 0.0216. The first-order valence-corrected chi connectivity index (χ1v) is 14.3. The van der Waals surface area contributed by atoms with Gasteiger partial charge in [0.25, 0.3) is 0 Å². The summed E-state index contributed by atoms with van der Waals surface area (Å²) in [5, 5.41) is 91.2. The van der Waals surface area contributed by atoms with Gasteiger partial charge in [-0.25, -0.2) is 0 Å². The van der Waals surface area contributed by atoms with E-state index in [1.54, 1.807) is 0 Å². The number of amidine groups is 2. The molecular formula is C25H48N6O12. The number of hydrogen-bond acceptors (Lipinski definition) is 16. The van der Waals surface area contributed by atoms with Gasteiger partial charge in [0.2, 0.25) is 0 Å². The van der Waals surface area contributed by atoms with Gasteiger partial charge in [-0.05, 0) is 26.2 Å². The Morgan fingerprint density at radius 1 is 0.977 bits per heavy atom. The summed E-state index contributed by atoms with van der Waals surface area (Å²) < 4.78 is 23.6. The fraction of sp³-hybridized carbons (Fsp3) is 0.920. The fourth-order valence-electron chi connectivity index (χ4n) is 5.26. The van der Waals surface area contributed by atoms with Crippen LogP contribution in [0.1, 0.15) is 32.6 Å². The highest BCUT2D eigenvalue weighted by molar-refractivity contribution is 5.84. The Morgan fingerprint density at radius 2 is 1.65 bits per heavy atom. The number of aliphatic hydroxyl groups excluding tert-OH is 8. The summed E-state index contributed by atoms with van der Waals surface area (Å²) in [6.45, 7) is 0.231. The molecule has 0 aromatic carbocycles. The van der Waals surface area contributed by atoms with Crippen molar-refractivity contribution in [2.75, 3.05) is 19.8 Å². The smallest absolute Gasteiger partial charge is 0.184 e. The predicted octanol–water partition coefficient (Wildman–Crippen LogP) is -6.10. The molecule has 250 valence electrons. The molecule has 2 heterocycles. The van der Waals surface area contributed by atoms with Crippen LogP contribution >= 0.6 is 0 Å². The Hall–Kier alpha value is -1.62. The van der Waals surface area contributed by atoms with Crippen molar-refractivity contribution in [3.63, 3.8) is 0 Å². The van der Waals surface area contributed by atoms with E-state index in [-0.39, 0.29) is 25.2 Å². The molecule has 10 unspecified atom stereocenters. The van der Waals surface area contributed by atoms with Crippen molar-refractivity contribution in [1.29, 1.82) is 5.41 Å². The third-order valence-electron chi connectivity index (χ3n) is 7.91. The number of nitrogens with two attached hydrogens (primary N) is 3. The van der Waals surface area contributed by atoms with Crippen molar-refractivity contribution in [2.45, 2.75) is 124 Å². The van der Waals surface area contributed by atoms with E-state index in [2.05, 4.69) is 10.3 Å². The van der Waals surface area contributed by atoms with Crippen LogP contribution in [0.25, 0.3) is 0 Å². The molecule has 0 amide bonds. The Kier molecular flexibility index (Phi) is 13.4. The molecule has 3 fully saturated rings. The maximum Gasteiger partial charge on any atom is 0.184 e. The highest BCUT2D eigenvalue weighted by Crippen LogP contribution is 2.31. The zero-order chi connectivity index (χ0) is 32.0. The molecule has 18 heteroatoms. The number of ether oxygens (including phenoxy) is 4. The van der Waals surface area contributed by atoms with Crippen molar-refractivity contribution in [3.8, 4) is 0 Å². The van der Waals surface area contributed by atoms with Gasteiger partial charge in [-0.15, -0.1) is 0 Å². The third-order valence-corrected chi connectivity index (χ3v) is 7.91. The topological polar surface area (TPSA) is 325 Å². The minimum Gasteiger partial charge on any atom is -0.394 e. The van der Waals surface area contributed by atoms with Crippen molar-refractivity contribution in [3.05, 3.63) is 0 Å². The van der Waals surface area contributed by atoms with Crippen LogP contribution in [0.3, 0.4) is 0 Å². The SMILES string of the molecule is CC(O)C(N)=NC[C@@H]1CCC(N)[C@@H](OC2C(O)C(O[C@H]3OC(CO)C(O)CC3O)[C@H](NC(=N)C(O)C(O)CO)C[C@@H]2N)O1. The zero-order valence-corrected chi connectivity index (χ0v) is 24.0. The summed E-state index contributed by atoms with van der Waals surface area (Å²) in [4.78, 5) is 4.13. The number of hydrogen-bond donors (Lipinski definition) is 13. The van der Waals surface area contributed by atoms with Gasteiger partial charge >= 0.3 is 0 Å². The Balaban J connectivity index is 1.79. The predicted molar refractivity (Wildman–Crippen MR) is 149 cm³/mol. The van der Waals surface area contributed by atoms with Gasteiger partial charge in [0.05, 0.1) is 44.1 Å². The molecule has 1 saturated carbocycles. The number of rotatable bonds is 12. The summed E-state index contributed by atoms with van der Waals surface area (Å²) in [6, 6.07) is -2.49. The Morgan fingerprint density at radius 3 is 2.28 bits per heavy atom. The summed E-state index contributed by atoms with van der Waals surface area (Å²) >= 11 is 0. The molecule has 0 spiro atoms. The van der Waals surface area contributed by atoms with E-state index in [1.165, 1.54) is 6.92 Å². The average molecular weight is 625 g/mol. The lowest BCUT2D eigenvalue weighted by molar-refractivity contribution is -0.310. The van der Waals surface area contributed by atoms with E-state index in [1.807, 2.05) is 0 Å². The first-order valence-electron chi connectivity index (χ1n) is 14.3. The molecule has 1 aliphatic carbocycles. The molecule has 0 radical (unpaired) electrons. The zero-order valence-electron chi connectivity index (χ0n) is 24.0. The molecule has 2 saturated heterocycles. The Labute approximate surface area is 248 Å². The average Bonchev–Trinajstić information content (AvgIpc) is 2.97. The molecule has 43 heavy (non-hydrogen) atoms. The van der Waals surface area contributed by atoms with Crippen molar-refractivity contribution < 1.29 is 59.8 Å². The molecule has 15 atom stereocenters. The van der Waals surface area contributed by atoms with Crippen LogP contribution in [0, 0.1) is 5.41 Å². The molecule has 16 N–H and O–H groups in total. The lowest BCUT2D eigenvalue weighted by Crippen LogP contribution is -2.67. The largest absolute Gasteiger partial charge is 0.394 e. The maximum absolute atomic E-state index is 11.5. The number of nitrogens with one attached hydrogen (secondary N) is 2. The van der Waals surface area contributed by atoms with E-state index < -0.39 is 111 Å². The summed E-state index contributed by atoms with van der Waals surface area (Å²) in [5.41, 5.74) is 18.4. The molecule has 0 bridgehead atoms. The molecule has 0 aromatic heterocycles. The monoisotopic (exact) mass is 624 g/mol. The summed E-state index contributed by atoms with van der Waals surface area (Å²) in [5.74, 6) is -0.547. The quantitative estimate of drug-likeness (QED) is 0.0709. The van der Waals surface area contributed by atoms with E-state index in [0.717, 1.165) is 0 Å². The van der Waals surface area contributed by atoms with E-state index in [9.17, 15) is 35.7 Å². The van der Waals surface area contributed by atoms with Crippen LogP contribution in [0.2, 0.25) is 0 Å². The van der Waals surface area contributed by atoms with Crippen molar-refractivity contribution >= 4 is 11.7 Å². The lowest BCUT2D eigenvalue weighted by atomic mass is 9.83. The van der Waals surface area contributed by atoms with Crippen LogP contribution in [0.15, 0.2) is 4.99 Å².